The van der Waals surface area contributed by atoms with Crippen LogP contribution in [0, 0.1) is 0 Å². The van der Waals surface area contributed by atoms with Gasteiger partial charge in [-0.05, 0) is 30.7 Å². The van der Waals surface area contributed by atoms with E-state index in [0.717, 1.165) is 57.3 Å². The highest BCUT2D eigenvalue weighted by Gasteiger charge is 2.15. The fourth-order valence-corrected chi connectivity index (χ4v) is 4.71. The molecule has 0 saturated carbocycles. The van der Waals surface area contributed by atoms with Crippen molar-refractivity contribution in [1.29, 1.82) is 0 Å². The zero-order valence-electron chi connectivity index (χ0n) is 16.3. The molecule has 0 fully saturated rings. The Morgan fingerprint density at radius 3 is 2.76 bits per heavy atom. The molecule has 0 N–H and O–H groups in total. The number of methoxy groups -OCH3 is 1. The number of hydrogen-bond donors (Lipinski definition) is 0. The number of ether oxygens (including phenoxy) is 1. The van der Waals surface area contributed by atoms with Gasteiger partial charge in [0, 0.05) is 41.2 Å². The van der Waals surface area contributed by atoms with Gasteiger partial charge in [0.2, 0.25) is 0 Å². The first-order valence-electron chi connectivity index (χ1n) is 9.33. The van der Waals surface area contributed by atoms with Gasteiger partial charge in [-0.25, -0.2) is 4.98 Å². The molecule has 4 rings (SSSR count). The first kappa shape index (κ1) is 19.6. The molecule has 0 spiro atoms. The monoisotopic (exact) mass is 423 g/mol. The topological polar surface area (TPSA) is 65.7 Å². The minimum Gasteiger partial charge on any atom is -0.497 e. The average molecular weight is 424 g/mol. The summed E-state index contributed by atoms with van der Waals surface area (Å²) in [5.74, 6) is 2.47. The van der Waals surface area contributed by atoms with Crippen LogP contribution in [0.5, 0.6) is 5.75 Å². The molecule has 8 heteroatoms. The summed E-state index contributed by atoms with van der Waals surface area (Å²) in [4.78, 5) is 8.88. The van der Waals surface area contributed by atoms with Crippen LogP contribution in [-0.2, 0) is 12.3 Å². The maximum absolute atomic E-state index is 5.31. The van der Waals surface area contributed by atoms with Gasteiger partial charge in [0.1, 0.15) is 10.8 Å². The third-order valence-electron chi connectivity index (χ3n) is 4.32. The van der Waals surface area contributed by atoms with Gasteiger partial charge in [-0.1, -0.05) is 30.8 Å². The maximum atomic E-state index is 5.31. The van der Waals surface area contributed by atoms with Crippen LogP contribution in [0.4, 0.5) is 0 Å². The summed E-state index contributed by atoms with van der Waals surface area (Å²) < 4.78 is 7.49. The van der Waals surface area contributed by atoms with E-state index >= 15 is 0 Å². The summed E-state index contributed by atoms with van der Waals surface area (Å²) in [5, 5.41) is 12.9. The van der Waals surface area contributed by atoms with Crippen LogP contribution in [0.3, 0.4) is 0 Å². The van der Waals surface area contributed by atoms with Crippen LogP contribution >= 0.6 is 23.1 Å². The van der Waals surface area contributed by atoms with E-state index in [1.807, 2.05) is 30.3 Å². The van der Waals surface area contributed by atoms with Crippen LogP contribution in [-0.4, -0.2) is 31.8 Å². The fourth-order valence-electron chi connectivity index (χ4n) is 2.94. The minimum absolute atomic E-state index is 0.749. The van der Waals surface area contributed by atoms with Crippen LogP contribution in [0.25, 0.3) is 22.0 Å². The van der Waals surface area contributed by atoms with Gasteiger partial charge in [0.05, 0.1) is 12.8 Å². The van der Waals surface area contributed by atoms with Gasteiger partial charge in [-0.2, -0.15) is 0 Å². The van der Waals surface area contributed by atoms with E-state index in [-0.39, 0.29) is 0 Å². The number of pyridine rings is 1. The van der Waals surface area contributed by atoms with Gasteiger partial charge in [0.25, 0.3) is 0 Å². The zero-order valence-corrected chi connectivity index (χ0v) is 17.9. The number of nitrogens with zero attached hydrogens (tertiary/aromatic N) is 5. The van der Waals surface area contributed by atoms with Crippen molar-refractivity contribution in [3.8, 4) is 27.7 Å². The van der Waals surface area contributed by atoms with E-state index < -0.39 is 0 Å². The SMILES string of the molecule is CCCn1c(SCc2csc(-c3cccc(OC)c3)n2)nnc1-c1ccncc1. The van der Waals surface area contributed by atoms with Crippen molar-refractivity contribution in [3.63, 3.8) is 0 Å². The quantitative estimate of drug-likeness (QED) is 0.364. The second kappa shape index (κ2) is 9.19. The molecule has 0 bridgehead atoms. The third kappa shape index (κ3) is 4.49. The number of rotatable bonds is 8. The summed E-state index contributed by atoms with van der Waals surface area (Å²) in [7, 11) is 1.68. The molecule has 0 aliphatic rings. The van der Waals surface area contributed by atoms with E-state index in [1.165, 1.54) is 0 Å². The average Bonchev–Trinajstić information content (AvgIpc) is 3.40. The van der Waals surface area contributed by atoms with E-state index in [9.17, 15) is 0 Å². The molecular formula is C21H21N5OS2. The molecule has 1 aromatic carbocycles. The van der Waals surface area contributed by atoms with Crippen molar-refractivity contribution in [2.75, 3.05) is 7.11 Å². The highest BCUT2D eigenvalue weighted by Crippen LogP contribution is 2.30. The maximum Gasteiger partial charge on any atom is 0.191 e. The summed E-state index contributed by atoms with van der Waals surface area (Å²) in [6.07, 6.45) is 4.57. The van der Waals surface area contributed by atoms with E-state index in [1.54, 1.807) is 42.6 Å². The van der Waals surface area contributed by atoms with Crippen molar-refractivity contribution < 1.29 is 4.74 Å². The lowest BCUT2D eigenvalue weighted by molar-refractivity contribution is 0.415. The predicted molar refractivity (Wildman–Crippen MR) is 117 cm³/mol. The van der Waals surface area contributed by atoms with Crippen molar-refractivity contribution in [2.24, 2.45) is 0 Å². The third-order valence-corrected chi connectivity index (χ3v) is 6.26. The molecule has 0 unspecified atom stereocenters. The molecule has 0 atom stereocenters. The molecule has 3 heterocycles. The Balaban J connectivity index is 1.51. The highest BCUT2D eigenvalue weighted by molar-refractivity contribution is 7.98. The Bertz CT molecular complexity index is 1080. The minimum atomic E-state index is 0.749. The van der Waals surface area contributed by atoms with Crippen molar-refractivity contribution in [3.05, 3.63) is 59.9 Å². The summed E-state index contributed by atoms with van der Waals surface area (Å²) in [6.45, 7) is 3.03. The van der Waals surface area contributed by atoms with Gasteiger partial charge in [-0.15, -0.1) is 21.5 Å². The number of thioether (sulfide) groups is 1. The lowest BCUT2D eigenvalue weighted by Crippen LogP contribution is -2.02. The smallest absolute Gasteiger partial charge is 0.191 e. The van der Waals surface area contributed by atoms with Crippen LogP contribution in [0.2, 0.25) is 0 Å². The van der Waals surface area contributed by atoms with Gasteiger partial charge < -0.3 is 9.30 Å². The van der Waals surface area contributed by atoms with Crippen molar-refractivity contribution >= 4 is 23.1 Å². The molecule has 29 heavy (non-hydrogen) atoms. The summed E-state index contributed by atoms with van der Waals surface area (Å²) in [5.41, 5.74) is 3.14. The Morgan fingerprint density at radius 2 is 1.97 bits per heavy atom. The molecule has 148 valence electrons. The Morgan fingerprint density at radius 1 is 1.10 bits per heavy atom. The van der Waals surface area contributed by atoms with Gasteiger partial charge in [-0.3, -0.25) is 4.98 Å². The Hall–Kier alpha value is -2.71. The first-order valence-corrected chi connectivity index (χ1v) is 11.2. The molecule has 0 saturated heterocycles. The van der Waals surface area contributed by atoms with Crippen LogP contribution < -0.4 is 4.74 Å². The molecule has 0 aliphatic heterocycles. The van der Waals surface area contributed by atoms with Crippen LogP contribution in [0.1, 0.15) is 19.0 Å². The van der Waals surface area contributed by atoms with E-state index in [4.69, 9.17) is 9.72 Å². The second-order valence-corrected chi connectivity index (χ2v) is 8.16. The summed E-state index contributed by atoms with van der Waals surface area (Å²) in [6, 6.07) is 11.9. The molecule has 6 nitrogen and oxygen atoms in total. The molecule has 0 amide bonds. The summed E-state index contributed by atoms with van der Waals surface area (Å²) >= 11 is 3.31. The second-order valence-electron chi connectivity index (χ2n) is 6.36. The lowest BCUT2D eigenvalue weighted by Gasteiger charge is -2.08. The van der Waals surface area contributed by atoms with Crippen molar-refractivity contribution in [2.45, 2.75) is 30.8 Å². The first-order chi connectivity index (χ1) is 14.3. The number of hydrogen-bond acceptors (Lipinski definition) is 7. The van der Waals surface area contributed by atoms with Gasteiger partial charge >= 0.3 is 0 Å². The molecule has 0 aliphatic carbocycles. The van der Waals surface area contributed by atoms with Gasteiger partial charge in [0.15, 0.2) is 11.0 Å². The van der Waals surface area contributed by atoms with Crippen molar-refractivity contribution in [1.82, 2.24) is 24.7 Å². The zero-order chi connectivity index (χ0) is 20.1. The largest absolute Gasteiger partial charge is 0.497 e. The number of benzene rings is 1. The molecule has 0 radical (unpaired) electrons. The molecular weight excluding hydrogens is 402 g/mol. The Kier molecular flexibility index (Phi) is 6.21. The Labute approximate surface area is 178 Å². The number of aromatic nitrogens is 5. The highest BCUT2D eigenvalue weighted by atomic mass is 32.2. The molecule has 3 aromatic heterocycles. The predicted octanol–water partition coefficient (Wildman–Crippen LogP) is 5.17. The van der Waals surface area contributed by atoms with E-state index in [0.29, 0.717) is 0 Å². The lowest BCUT2D eigenvalue weighted by atomic mass is 10.2. The fraction of sp³-hybridized carbons (Fsp3) is 0.238. The van der Waals surface area contributed by atoms with Crippen LogP contribution in [0.15, 0.2) is 59.3 Å². The van der Waals surface area contributed by atoms with E-state index in [2.05, 4.69) is 38.1 Å². The standard InChI is InChI=1S/C21H21N5OS2/c1-3-11-26-19(15-7-9-22-10-8-15)24-25-21(26)29-14-17-13-28-20(23-17)16-5-4-6-18(12-16)27-2/h4-10,12-13H,3,11,14H2,1-2H3. The normalized spacial score (nSPS) is 11.0. The molecule has 4 aromatic rings. The number of thiazole rings is 1.